The summed E-state index contributed by atoms with van der Waals surface area (Å²) in [4.78, 5) is 4.15. The van der Waals surface area contributed by atoms with E-state index in [1.807, 2.05) is 11.8 Å². The lowest BCUT2D eigenvalue weighted by Crippen LogP contribution is -2.19. The summed E-state index contributed by atoms with van der Waals surface area (Å²) < 4.78 is 0. The van der Waals surface area contributed by atoms with Crippen molar-refractivity contribution in [2.75, 3.05) is 16.8 Å². The molecule has 1 N–H and O–H groups in total. The Morgan fingerprint density at radius 1 is 1.67 bits per heavy atom. The molecule has 0 saturated heterocycles. The zero-order chi connectivity index (χ0) is 11.1. The van der Waals surface area contributed by atoms with Crippen LogP contribution in [0.4, 0.5) is 5.82 Å². The maximum absolute atomic E-state index is 8.87. The van der Waals surface area contributed by atoms with Crippen LogP contribution in [0.25, 0.3) is 0 Å². The van der Waals surface area contributed by atoms with Crippen LogP contribution >= 0.6 is 11.8 Å². The predicted molar refractivity (Wildman–Crippen MR) is 65.0 cm³/mol. The lowest BCUT2D eigenvalue weighted by atomic mass is 10.2. The highest BCUT2D eigenvalue weighted by Crippen LogP contribution is 2.12. The van der Waals surface area contributed by atoms with Gasteiger partial charge in [-0.2, -0.15) is 17.0 Å². The molecular weight excluding hydrogens is 206 g/mol. The van der Waals surface area contributed by atoms with Crippen molar-refractivity contribution in [2.24, 2.45) is 0 Å². The van der Waals surface area contributed by atoms with Crippen LogP contribution in [0.5, 0.6) is 0 Å². The standard InChI is InChI=1S/C11H15N3S/c1-3-15-8-9(2)14-11-10(7-12)5-4-6-13-11/h4-6,9H,3,8H2,1-2H3,(H,13,14). The Morgan fingerprint density at radius 2 is 2.47 bits per heavy atom. The van der Waals surface area contributed by atoms with E-state index in [2.05, 4.69) is 30.2 Å². The van der Waals surface area contributed by atoms with Gasteiger partial charge >= 0.3 is 0 Å². The molecule has 0 bridgehead atoms. The summed E-state index contributed by atoms with van der Waals surface area (Å²) in [5.41, 5.74) is 0.603. The van der Waals surface area contributed by atoms with Gasteiger partial charge in [0.25, 0.3) is 0 Å². The molecule has 0 aromatic carbocycles. The second-order valence-electron chi connectivity index (χ2n) is 3.22. The van der Waals surface area contributed by atoms with Crippen LogP contribution in [-0.4, -0.2) is 22.5 Å². The van der Waals surface area contributed by atoms with Crippen molar-refractivity contribution in [1.82, 2.24) is 4.98 Å². The zero-order valence-corrected chi connectivity index (χ0v) is 9.84. The number of pyridine rings is 1. The van der Waals surface area contributed by atoms with E-state index in [9.17, 15) is 0 Å². The number of rotatable bonds is 5. The molecular formula is C11H15N3S. The van der Waals surface area contributed by atoms with Crippen LogP contribution in [-0.2, 0) is 0 Å². The molecule has 1 aromatic heterocycles. The number of anilines is 1. The molecule has 0 aliphatic carbocycles. The number of thioether (sulfide) groups is 1. The highest BCUT2D eigenvalue weighted by Gasteiger charge is 2.06. The SMILES string of the molecule is CCSCC(C)Nc1ncccc1C#N. The smallest absolute Gasteiger partial charge is 0.144 e. The Labute approximate surface area is 94.9 Å². The molecule has 80 valence electrons. The summed E-state index contributed by atoms with van der Waals surface area (Å²) in [6.07, 6.45) is 1.70. The molecule has 0 amide bonds. The molecule has 0 aliphatic heterocycles. The van der Waals surface area contributed by atoms with Gasteiger partial charge in [-0.05, 0) is 24.8 Å². The maximum Gasteiger partial charge on any atom is 0.144 e. The topological polar surface area (TPSA) is 48.7 Å². The second kappa shape index (κ2) is 6.31. The van der Waals surface area contributed by atoms with E-state index in [1.165, 1.54) is 0 Å². The van der Waals surface area contributed by atoms with Crippen LogP contribution in [0.3, 0.4) is 0 Å². The Bertz CT molecular complexity index is 346. The maximum atomic E-state index is 8.87. The zero-order valence-electron chi connectivity index (χ0n) is 9.03. The molecule has 1 heterocycles. The van der Waals surface area contributed by atoms with Crippen molar-refractivity contribution >= 4 is 17.6 Å². The van der Waals surface area contributed by atoms with Gasteiger partial charge in [-0.3, -0.25) is 0 Å². The van der Waals surface area contributed by atoms with Gasteiger partial charge in [0.2, 0.25) is 0 Å². The highest BCUT2D eigenvalue weighted by molar-refractivity contribution is 7.99. The molecule has 0 fully saturated rings. The fraction of sp³-hybridized carbons (Fsp3) is 0.455. The van der Waals surface area contributed by atoms with E-state index < -0.39 is 0 Å². The number of nitriles is 1. The summed E-state index contributed by atoms with van der Waals surface area (Å²) in [7, 11) is 0. The van der Waals surface area contributed by atoms with Gasteiger partial charge in [-0.1, -0.05) is 6.92 Å². The lowest BCUT2D eigenvalue weighted by molar-refractivity contribution is 0.901. The average Bonchev–Trinajstić information content (AvgIpc) is 2.27. The molecule has 1 aromatic rings. The predicted octanol–water partition coefficient (Wildman–Crippen LogP) is 2.51. The van der Waals surface area contributed by atoms with Gasteiger partial charge in [0.1, 0.15) is 11.9 Å². The minimum Gasteiger partial charge on any atom is -0.366 e. The summed E-state index contributed by atoms with van der Waals surface area (Å²) in [6.45, 7) is 4.23. The fourth-order valence-corrected chi connectivity index (χ4v) is 1.85. The van der Waals surface area contributed by atoms with Crippen LogP contribution in [0.2, 0.25) is 0 Å². The van der Waals surface area contributed by atoms with Crippen molar-refractivity contribution in [1.29, 1.82) is 5.26 Å². The fourth-order valence-electron chi connectivity index (χ4n) is 1.18. The molecule has 3 nitrogen and oxygen atoms in total. The Hall–Kier alpha value is -1.21. The first-order valence-corrected chi connectivity index (χ1v) is 6.12. The van der Waals surface area contributed by atoms with Gasteiger partial charge in [-0.25, -0.2) is 4.98 Å². The third-order valence-corrected chi connectivity index (χ3v) is 3.03. The van der Waals surface area contributed by atoms with Crippen LogP contribution < -0.4 is 5.32 Å². The van der Waals surface area contributed by atoms with Crippen LogP contribution in [0.1, 0.15) is 19.4 Å². The molecule has 15 heavy (non-hydrogen) atoms. The third-order valence-electron chi connectivity index (χ3n) is 1.88. The van der Waals surface area contributed by atoms with E-state index in [-0.39, 0.29) is 0 Å². The largest absolute Gasteiger partial charge is 0.366 e. The van der Waals surface area contributed by atoms with E-state index in [4.69, 9.17) is 5.26 Å². The van der Waals surface area contributed by atoms with E-state index >= 15 is 0 Å². The lowest BCUT2D eigenvalue weighted by Gasteiger charge is -2.14. The van der Waals surface area contributed by atoms with Crippen molar-refractivity contribution in [2.45, 2.75) is 19.9 Å². The Kier molecular flexibility index (Phi) is 4.99. The molecule has 0 radical (unpaired) electrons. The molecule has 1 atom stereocenters. The van der Waals surface area contributed by atoms with E-state index in [0.29, 0.717) is 17.4 Å². The number of hydrogen-bond acceptors (Lipinski definition) is 4. The van der Waals surface area contributed by atoms with Crippen LogP contribution in [0, 0.1) is 11.3 Å². The molecule has 4 heteroatoms. The van der Waals surface area contributed by atoms with Crippen molar-refractivity contribution in [3.8, 4) is 6.07 Å². The molecule has 0 spiro atoms. The number of nitrogens with zero attached hydrogens (tertiary/aromatic N) is 2. The minimum absolute atomic E-state index is 0.331. The normalized spacial score (nSPS) is 11.8. The summed E-state index contributed by atoms with van der Waals surface area (Å²) in [5.74, 6) is 2.82. The number of nitrogens with one attached hydrogen (secondary N) is 1. The molecule has 1 unspecified atom stereocenters. The second-order valence-corrected chi connectivity index (χ2v) is 4.54. The van der Waals surface area contributed by atoms with Gasteiger partial charge in [0.15, 0.2) is 0 Å². The van der Waals surface area contributed by atoms with Crippen molar-refractivity contribution < 1.29 is 0 Å². The Morgan fingerprint density at radius 3 is 3.13 bits per heavy atom. The van der Waals surface area contributed by atoms with Crippen molar-refractivity contribution in [3.63, 3.8) is 0 Å². The van der Waals surface area contributed by atoms with E-state index in [1.54, 1.807) is 18.3 Å². The van der Waals surface area contributed by atoms with Gasteiger partial charge in [0.05, 0.1) is 5.56 Å². The molecule has 1 rings (SSSR count). The van der Waals surface area contributed by atoms with E-state index in [0.717, 1.165) is 11.5 Å². The quantitative estimate of drug-likeness (QED) is 0.830. The average molecular weight is 221 g/mol. The van der Waals surface area contributed by atoms with Gasteiger partial charge in [-0.15, -0.1) is 0 Å². The summed E-state index contributed by atoms with van der Waals surface area (Å²) in [5, 5.41) is 12.1. The number of hydrogen-bond donors (Lipinski definition) is 1. The highest BCUT2D eigenvalue weighted by atomic mass is 32.2. The minimum atomic E-state index is 0.331. The first-order valence-electron chi connectivity index (χ1n) is 4.97. The van der Waals surface area contributed by atoms with Gasteiger partial charge in [0, 0.05) is 18.0 Å². The Balaban J connectivity index is 2.60. The molecule has 0 aliphatic rings. The van der Waals surface area contributed by atoms with Gasteiger partial charge < -0.3 is 5.32 Å². The molecule has 0 saturated carbocycles. The third kappa shape index (κ3) is 3.80. The summed E-state index contributed by atoms with van der Waals surface area (Å²) in [6, 6.07) is 6.00. The summed E-state index contributed by atoms with van der Waals surface area (Å²) >= 11 is 1.88. The number of aromatic nitrogens is 1. The monoisotopic (exact) mass is 221 g/mol. The first-order chi connectivity index (χ1) is 7.27. The first kappa shape index (κ1) is 11.9. The van der Waals surface area contributed by atoms with Crippen molar-refractivity contribution in [3.05, 3.63) is 23.9 Å². The van der Waals surface area contributed by atoms with Crippen LogP contribution in [0.15, 0.2) is 18.3 Å².